The number of benzene rings is 2. The van der Waals surface area contributed by atoms with Gasteiger partial charge in [0, 0.05) is 30.8 Å². The molecule has 1 fully saturated rings. The predicted molar refractivity (Wildman–Crippen MR) is 117 cm³/mol. The van der Waals surface area contributed by atoms with E-state index in [2.05, 4.69) is 36.1 Å². The predicted octanol–water partition coefficient (Wildman–Crippen LogP) is 3.90. The summed E-state index contributed by atoms with van der Waals surface area (Å²) in [6.45, 7) is 4.97. The fourth-order valence-electron chi connectivity index (χ4n) is 5.01. The van der Waals surface area contributed by atoms with E-state index in [0.717, 1.165) is 55.7 Å². The van der Waals surface area contributed by atoms with Crippen LogP contribution in [0.25, 0.3) is 11.3 Å². The van der Waals surface area contributed by atoms with Crippen LogP contribution in [-0.2, 0) is 24.1 Å². The van der Waals surface area contributed by atoms with E-state index in [9.17, 15) is 5.11 Å². The van der Waals surface area contributed by atoms with Gasteiger partial charge in [-0.05, 0) is 42.6 Å². The maximum Gasteiger partial charge on any atom is 0.119 e. The Bertz CT molecular complexity index is 1000. The summed E-state index contributed by atoms with van der Waals surface area (Å²) >= 11 is 0. The van der Waals surface area contributed by atoms with E-state index in [-0.39, 0.29) is 12.2 Å². The fourth-order valence-corrected chi connectivity index (χ4v) is 5.01. The monoisotopic (exact) mass is 403 g/mol. The van der Waals surface area contributed by atoms with Crippen LogP contribution in [0.5, 0.6) is 5.75 Å². The Kier molecular flexibility index (Phi) is 5.32. The van der Waals surface area contributed by atoms with Gasteiger partial charge in [0.1, 0.15) is 5.75 Å². The Morgan fingerprint density at radius 2 is 1.93 bits per heavy atom. The Balaban J connectivity index is 1.34. The molecule has 1 aliphatic carbocycles. The third kappa shape index (κ3) is 3.75. The van der Waals surface area contributed by atoms with Crippen molar-refractivity contribution in [1.29, 1.82) is 0 Å². The van der Waals surface area contributed by atoms with Crippen LogP contribution in [0.3, 0.4) is 0 Å². The zero-order valence-corrected chi connectivity index (χ0v) is 17.4. The second-order valence-electron chi connectivity index (χ2n) is 8.47. The van der Waals surface area contributed by atoms with E-state index in [1.54, 1.807) is 6.07 Å². The third-order valence-electron chi connectivity index (χ3n) is 6.40. The van der Waals surface area contributed by atoms with Crippen LogP contribution >= 0.6 is 0 Å². The zero-order chi connectivity index (χ0) is 20.5. The average molecular weight is 404 g/mol. The van der Waals surface area contributed by atoms with E-state index in [4.69, 9.17) is 9.84 Å². The Labute approximate surface area is 177 Å². The van der Waals surface area contributed by atoms with Crippen molar-refractivity contribution in [1.82, 2.24) is 14.7 Å². The SMILES string of the molecule is CCCN1C[C@@H](Cn2ccc(-c3ccccc3)n2)O[C@@H]2Cc3c(O)cccc3C[C@H]21. The van der Waals surface area contributed by atoms with Gasteiger partial charge in [-0.15, -0.1) is 0 Å². The number of hydrogen-bond donors (Lipinski definition) is 1. The quantitative estimate of drug-likeness (QED) is 0.702. The van der Waals surface area contributed by atoms with Gasteiger partial charge in [0.05, 0.1) is 24.4 Å². The van der Waals surface area contributed by atoms with Gasteiger partial charge in [-0.1, -0.05) is 49.4 Å². The number of rotatable bonds is 5. The Hall–Kier alpha value is -2.63. The molecule has 0 amide bonds. The minimum absolute atomic E-state index is 0.0914. The Morgan fingerprint density at radius 1 is 1.07 bits per heavy atom. The number of phenolic OH excluding ortho intramolecular Hbond substituents is 1. The molecule has 1 N–H and O–H groups in total. The van der Waals surface area contributed by atoms with Crippen LogP contribution in [0.2, 0.25) is 0 Å². The molecule has 3 atom stereocenters. The van der Waals surface area contributed by atoms with Crippen LogP contribution in [0.15, 0.2) is 60.8 Å². The molecule has 0 bridgehead atoms. The smallest absolute Gasteiger partial charge is 0.119 e. The molecule has 30 heavy (non-hydrogen) atoms. The summed E-state index contributed by atoms with van der Waals surface area (Å²) in [4.78, 5) is 2.59. The molecule has 0 radical (unpaired) electrons. The molecule has 0 unspecified atom stereocenters. The van der Waals surface area contributed by atoms with Crippen molar-refractivity contribution in [3.8, 4) is 17.0 Å². The molecule has 0 saturated carbocycles. The highest BCUT2D eigenvalue weighted by atomic mass is 16.5. The number of fused-ring (bicyclic) bond motifs is 2. The van der Waals surface area contributed by atoms with E-state index >= 15 is 0 Å². The maximum absolute atomic E-state index is 10.3. The lowest BCUT2D eigenvalue weighted by molar-refractivity contribution is -0.128. The first kappa shape index (κ1) is 19.3. The summed E-state index contributed by atoms with van der Waals surface area (Å²) in [5, 5.41) is 15.1. The van der Waals surface area contributed by atoms with Crippen molar-refractivity contribution in [2.75, 3.05) is 13.1 Å². The van der Waals surface area contributed by atoms with Crippen LogP contribution in [0.4, 0.5) is 0 Å². The highest BCUT2D eigenvalue weighted by molar-refractivity contribution is 5.58. The minimum atomic E-state index is 0.0914. The first-order chi connectivity index (χ1) is 14.7. The van der Waals surface area contributed by atoms with Gasteiger partial charge >= 0.3 is 0 Å². The molecular weight excluding hydrogens is 374 g/mol. The highest BCUT2D eigenvalue weighted by Gasteiger charge is 2.40. The molecule has 2 aromatic carbocycles. The lowest BCUT2D eigenvalue weighted by Gasteiger charge is -2.47. The van der Waals surface area contributed by atoms with E-state index in [1.807, 2.05) is 35.1 Å². The molecule has 2 aliphatic rings. The largest absolute Gasteiger partial charge is 0.508 e. The van der Waals surface area contributed by atoms with Crippen LogP contribution < -0.4 is 0 Å². The van der Waals surface area contributed by atoms with Crippen molar-refractivity contribution >= 4 is 0 Å². The lowest BCUT2D eigenvalue weighted by Crippen LogP contribution is -2.58. The number of morpholine rings is 1. The minimum Gasteiger partial charge on any atom is -0.508 e. The standard InChI is InChI=1S/C25H29N3O2/c1-2-12-27-16-20(17-28-13-11-22(26-28)18-7-4-3-5-8-18)30-25-15-21-19(14-23(25)27)9-6-10-24(21)29/h3-11,13,20,23,25,29H,2,12,14-17H2,1H3/t20-,23+,25+/m0/s1. The van der Waals surface area contributed by atoms with Gasteiger partial charge in [0.2, 0.25) is 0 Å². The van der Waals surface area contributed by atoms with Crippen LogP contribution in [0.1, 0.15) is 24.5 Å². The molecule has 3 aromatic rings. The van der Waals surface area contributed by atoms with Crippen molar-refractivity contribution in [2.24, 2.45) is 0 Å². The number of aromatic nitrogens is 2. The zero-order valence-electron chi connectivity index (χ0n) is 17.4. The summed E-state index contributed by atoms with van der Waals surface area (Å²) in [6.07, 6.45) is 5.10. The normalized spacial score (nSPS) is 23.7. The van der Waals surface area contributed by atoms with Crippen molar-refractivity contribution in [2.45, 2.75) is 51.0 Å². The van der Waals surface area contributed by atoms with Gasteiger partial charge in [-0.3, -0.25) is 9.58 Å². The fraction of sp³-hybridized carbons (Fsp3) is 0.400. The van der Waals surface area contributed by atoms with Gasteiger partial charge < -0.3 is 9.84 Å². The van der Waals surface area contributed by atoms with E-state index in [0.29, 0.717) is 11.8 Å². The summed E-state index contributed by atoms with van der Waals surface area (Å²) in [7, 11) is 0. The van der Waals surface area contributed by atoms with Crippen molar-refractivity contribution < 1.29 is 9.84 Å². The van der Waals surface area contributed by atoms with Gasteiger partial charge in [-0.25, -0.2) is 0 Å². The van der Waals surface area contributed by atoms with Crippen molar-refractivity contribution in [3.63, 3.8) is 0 Å². The molecule has 5 rings (SSSR count). The third-order valence-corrected chi connectivity index (χ3v) is 6.40. The Morgan fingerprint density at radius 3 is 2.77 bits per heavy atom. The first-order valence-electron chi connectivity index (χ1n) is 11.0. The second-order valence-corrected chi connectivity index (χ2v) is 8.47. The summed E-state index contributed by atoms with van der Waals surface area (Å²) in [5.74, 6) is 0.401. The average Bonchev–Trinajstić information content (AvgIpc) is 3.23. The second kappa shape index (κ2) is 8.25. The van der Waals surface area contributed by atoms with Crippen molar-refractivity contribution in [3.05, 3.63) is 71.9 Å². The lowest BCUT2D eigenvalue weighted by atomic mass is 9.83. The molecule has 5 heteroatoms. The molecule has 5 nitrogen and oxygen atoms in total. The van der Waals surface area contributed by atoms with E-state index < -0.39 is 0 Å². The number of ether oxygens (including phenoxy) is 1. The summed E-state index contributed by atoms with van der Waals surface area (Å²) in [6, 6.07) is 18.6. The number of phenols is 1. The first-order valence-corrected chi connectivity index (χ1v) is 11.0. The van der Waals surface area contributed by atoms with Crippen LogP contribution in [-0.4, -0.2) is 51.1 Å². The molecule has 1 aliphatic heterocycles. The molecule has 0 spiro atoms. The molecule has 2 heterocycles. The van der Waals surface area contributed by atoms with Gasteiger partial charge in [0.25, 0.3) is 0 Å². The maximum atomic E-state index is 10.3. The number of nitrogens with zero attached hydrogens (tertiary/aromatic N) is 3. The summed E-state index contributed by atoms with van der Waals surface area (Å²) in [5.41, 5.74) is 4.44. The number of hydrogen-bond acceptors (Lipinski definition) is 4. The molecule has 156 valence electrons. The van der Waals surface area contributed by atoms with E-state index in [1.165, 1.54) is 5.56 Å². The molecular formula is C25H29N3O2. The molecule has 1 aromatic heterocycles. The van der Waals surface area contributed by atoms with Gasteiger partial charge in [-0.2, -0.15) is 5.10 Å². The molecule has 1 saturated heterocycles. The highest BCUT2D eigenvalue weighted by Crippen LogP contribution is 2.35. The van der Waals surface area contributed by atoms with Gasteiger partial charge in [0.15, 0.2) is 0 Å². The summed E-state index contributed by atoms with van der Waals surface area (Å²) < 4.78 is 8.59. The van der Waals surface area contributed by atoms with Crippen LogP contribution in [0, 0.1) is 0 Å². The topological polar surface area (TPSA) is 50.5 Å². The number of aromatic hydroxyl groups is 1.